The highest BCUT2D eigenvalue weighted by Crippen LogP contribution is 2.24. The Balaban J connectivity index is 1.49. The third-order valence-electron chi connectivity index (χ3n) is 6.46. The van der Waals surface area contributed by atoms with Gasteiger partial charge >= 0.3 is 0 Å². The lowest BCUT2D eigenvalue weighted by molar-refractivity contribution is -0.130. The number of amides is 2. The Labute approximate surface area is 192 Å². The third kappa shape index (κ3) is 6.52. The summed E-state index contributed by atoms with van der Waals surface area (Å²) < 4.78 is 25.7. The van der Waals surface area contributed by atoms with Crippen molar-refractivity contribution in [1.82, 2.24) is 19.4 Å². The number of hydrogen-bond acceptors (Lipinski definition) is 5. The summed E-state index contributed by atoms with van der Waals surface area (Å²) in [5.74, 6) is 0.232. The summed E-state index contributed by atoms with van der Waals surface area (Å²) >= 11 is 0. The first-order valence-corrected chi connectivity index (χ1v) is 13.0. The van der Waals surface area contributed by atoms with E-state index in [9.17, 15) is 18.0 Å². The second-order valence-corrected chi connectivity index (χ2v) is 11.2. The minimum atomic E-state index is -3.63. The summed E-state index contributed by atoms with van der Waals surface area (Å²) in [7, 11) is -0.743. The van der Waals surface area contributed by atoms with Crippen molar-refractivity contribution in [2.75, 3.05) is 53.4 Å². The summed E-state index contributed by atoms with van der Waals surface area (Å²) in [6.45, 7) is 4.31. The van der Waals surface area contributed by atoms with Gasteiger partial charge in [0.05, 0.1) is 11.4 Å². The van der Waals surface area contributed by atoms with Gasteiger partial charge in [-0.3, -0.25) is 9.59 Å². The van der Waals surface area contributed by atoms with Gasteiger partial charge in [0.1, 0.15) is 0 Å². The molecule has 2 amide bonds. The molecule has 1 aliphatic heterocycles. The zero-order valence-electron chi connectivity index (χ0n) is 19.3. The van der Waals surface area contributed by atoms with Gasteiger partial charge in [-0.05, 0) is 49.9 Å². The molecule has 2 aliphatic rings. The quantitative estimate of drug-likeness (QED) is 0.664. The Bertz CT molecular complexity index is 897. The molecule has 0 aromatic heterocycles. The van der Waals surface area contributed by atoms with E-state index in [1.54, 1.807) is 6.07 Å². The first-order chi connectivity index (χ1) is 15.3. The van der Waals surface area contributed by atoms with Crippen molar-refractivity contribution in [2.24, 2.45) is 5.92 Å². The van der Waals surface area contributed by atoms with Crippen LogP contribution in [-0.4, -0.2) is 87.7 Å². The van der Waals surface area contributed by atoms with Crippen LogP contribution in [0.1, 0.15) is 48.9 Å². The van der Waals surface area contributed by atoms with Crippen LogP contribution in [-0.2, 0) is 14.8 Å². The molecule has 1 heterocycles. The van der Waals surface area contributed by atoms with Crippen molar-refractivity contribution in [3.05, 3.63) is 29.8 Å². The van der Waals surface area contributed by atoms with Crippen LogP contribution >= 0.6 is 0 Å². The Kier molecular flexibility index (Phi) is 8.67. The molecular weight excluding hydrogens is 428 g/mol. The molecule has 1 saturated carbocycles. The summed E-state index contributed by atoms with van der Waals surface area (Å²) in [5, 5.41) is 2.65. The van der Waals surface area contributed by atoms with Crippen LogP contribution in [0.25, 0.3) is 0 Å². The van der Waals surface area contributed by atoms with Gasteiger partial charge in [0.2, 0.25) is 15.9 Å². The molecule has 8 nitrogen and oxygen atoms in total. The number of carbonyl (C=O) groups is 2. The number of carbonyl (C=O) groups excluding carboxylic acids is 2. The zero-order chi connectivity index (χ0) is 23.1. The Hall–Kier alpha value is -1.97. The standard InChI is InChI=1S/C23H36N4O4S/c1-25(2)32(30,31)21-11-6-10-20(16-21)23(29)24-17-22(28)27-13-7-12-26(14-15-27)18-19-8-4-3-5-9-19/h6,10-11,16,19H,3-5,7-9,12-15,17-18H2,1-2H3,(H,24,29). The lowest BCUT2D eigenvalue weighted by Gasteiger charge is -2.28. The van der Waals surface area contributed by atoms with Gasteiger partial charge < -0.3 is 15.1 Å². The number of nitrogens with zero attached hydrogens (tertiary/aromatic N) is 3. The maximum absolute atomic E-state index is 12.7. The van der Waals surface area contributed by atoms with Crippen molar-refractivity contribution in [1.29, 1.82) is 0 Å². The highest BCUT2D eigenvalue weighted by Gasteiger charge is 2.23. The fraction of sp³-hybridized carbons (Fsp3) is 0.652. The Morgan fingerprint density at radius 2 is 1.78 bits per heavy atom. The van der Waals surface area contributed by atoms with Crippen LogP contribution in [0.5, 0.6) is 0 Å². The van der Waals surface area contributed by atoms with E-state index in [-0.39, 0.29) is 22.9 Å². The molecule has 0 atom stereocenters. The van der Waals surface area contributed by atoms with Gasteiger partial charge in [-0.25, -0.2) is 12.7 Å². The number of hydrogen-bond donors (Lipinski definition) is 1. The largest absolute Gasteiger partial charge is 0.343 e. The third-order valence-corrected chi connectivity index (χ3v) is 8.27. The van der Waals surface area contributed by atoms with E-state index in [4.69, 9.17) is 0 Å². The lowest BCUT2D eigenvalue weighted by atomic mass is 9.89. The highest BCUT2D eigenvalue weighted by atomic mass is 32.2. The van der Waals surface area contributed by atoms with E-state index >= 15 is 0 Å². The highest BCUT2D eigenvalue weighted by molar-refractivity contribution is 7.89. The average Bonchev–Trinajstić information content (AvgIpc) is 3.03. The second-order valence-electron chi connectivity index (χ2n) is 9.04. The summed E-state index contributed by atoms with van der Waals surface area (Å²) in [6.07, 6.45) is 7.63. The monoisotopic (exact) mass is 464 g/mol. The van der Waals surface area contributed by atoms with E-state index < -0.39 is 15.9 Å². The average molecular weight is 465 g/mol. The summed E-state index contributed by atoms with van der Waals surface area (Å²) in [5.41, 5.74) is 0.218. The van der Waals surface area contributed by atoms with Crippen LogP contribution < -0.4 is 5.32 Å². The molecule has 0 unspecified atom stereocenters. The molecule has 1 N–H and O–H groups in total. The maximum Gasteiger partial charge on any atom is 0.251 e. The van der Waals surface area contributed by atoms with Crippen molar-refractivity contribution in [3.8, 4) is 0 Å². The molecule has 0 radical (unpaired) electrons. The van der Waals surface area contributed by atoms with Crippen LogP contribution in [0.4, 0.5) is 0 Å². The molecule has 3 rings (SSSR count). The van der Waals surface area contributed by atoms with Gasteiger partial charge in [-0.1, -0.05) is 25.3 Å². The van der Waals surface area contributed by atoms with E-state index in [0.717, 1.165) is 36.3 Å². The smallest absolute Gasteiger partial charge is 0.251 e. The molecule has 1 aromatic carbocycles. The van der Waals surface area contributed by atoms with Crippen molar-refractivity contribution in [3.63, 3.8) is 0 Å². The lowest BCUT2D eigenvalue weighted by Crippen LogP contribution is -2.42. The molecule has 1 aromatic rings. The van der Waals surface area contributed by atoms with Gasteiger partial charge in [0, 0.05) is 45.8 Å². The molecule has 1 aliphatic carbocycles. The normalized spacial score (nSPS) is 19.0. The zero-order valence-corrected chi connectivity index (χ0v) is 20.1. The van der Waals surface area contributed by atoms with Crippen LogP contribution in [0.2, 0.25) is 0 Å². The van der Waals surface area contributed by atoms with Crippen LogP contribution in [0, 0.1) is 5.92 Å². The Morgan fingerprint density at radius 3 is 2.50 bits per heavy atom. The molecule has 0 bridgehead atoms. The van der Waals surface area contributed by atoms with Crippen molar-refractivity contribution >= 4 is 21.8 Å². The molecule has 178 valence electrons. The predicted molar refractivity (Wildman–Crippen MR) is 124 cm³/mol. The van der Waals surface area contributed by atoms with Gasteiger partial charge in [0.15, 0.2) is 0 Å². The minimum absolute atomic E-state index is 0.0482. The van der Waals surface area contributed by atoms with Crippen LogP contribution in [0.15, 0.2) is 29.2 Å². The maximum atomic E-state index is 12.7. The summed E-state index contributed by atoms with van der Waals surface area (Å²) in [4.78, 5) is 29.6. The first-order valence-electron chi connectivity index (χ1n) is 11.6. The number of benzene rings is 1. The molecule has 2 fully saturated rings. The second kappa shape index (κ2) is 11.2. The topological polar surface area (TPSA) is 90.0 Å². The SMILES string of the molecule is CN(C)S(=O)(=O)c1cccc(C(=O)NCC(=O)N2CCCN(CC3CCCCC3)CC2)c1. The van der Waals surface area contributed by atoms with E-state index in [1.165, 1.54) is 64.4 Å². The van der Waals surface area contributed by atoms with E-state index in [1.807, 2.05) is 4.90 Å². The number of sulfonamides is 1. The Morgan fingerprint density at radius 1 is 1.03 bits per heavy atom. The molecule has 0 spiro atoms. The van der Waals surface area contributed by atoms with E-state index in [2.05, 4.69) is 10.2 Å². The predicted octanol–water partition coefficient (Wildman–Crippen LogP) is 1.78. The van der Waals surface area contributed by atoms with Gasteiger partial charge in [-0.2, -0.15) is 0 Å². The number of rotatable bonds is 7. The van der Waals surface area contributed by atoms with Gasteiger partial charge in [0.25, 0.3) is 5.91 Å². The minimum Gasteiger partial charge on any atom is -0.343 e. The molecule has 1 saturated heterocycles. The van der Waals surface area contributed by atoms with Gasteiger partial charge in [-0.15, -0.1) is 0 Å². The fourth-order valence-corrected chi connectivity index (χ4v) is 5.46. The first kappa shape index (κ1) is 24.7. The van der Waals surface area contributed by atoms with Crippen LogP contribution in [0.3, 0.4) is 0 Å². The molecule has 32 heavy (non-hydrogen) atoms. The van der Waals surface area contributed by atoms with Crippen molar-refractivity contribution < 1.29 is 18.0 Å². The molecular formula is C23H36N4O4S. The van der Waals surface area contributed by atoms with E-state index in [0.29, 0.717) is 13.1 Å². The van der Waals surface area contributed by atoms with Crippen molar-refractivity contribution in [2.45, 2.75) is 43.4 Å². The number of nitrogens with one attached hydrogen (secondary N) is 1. The fourth-order valence-electron chi connectivity index (χ4n) is 4.52. The summed E-state index contributed by atoms with van der Waals surface area (Å²) in [6, 6.07) is 5.87. The molecule has 9 heteroatoms.